The molecule has 0 radical (unpaired) electrons. The summed E-state index contributed by atoms with van der Waals surface area (Å²) in [6.45, 7) is 16.5. The molecule has 120 valence electrons. The third-order valence-electron chi connectivity index (χ3n) is 4.14. The van der Waals surface area contributed by atoms with E-state index < -0.39 is 0 Å². The van der Waals surface area contributed by atoms with Crippen molar-refractivity contribution in [2.75, 3.05) is 31.1 Å². The van der Waals surface area contributed by atoms with Crippen LogP contribution in [0.4, 0.5) is 5.13 Å². The topological polar surface area (TPSA) is 31.4 Å². The van der Waals surface area contributed by atoms with E-state index in [9.17, 15) is 0 Å². The third kappa shape index (κ3) is 4.94. The molecule has 0 bridgehead atoms. The SMILES string of the molecule is CCC(C)N1CCN(c2nc(CNC(C)(C)C)cs2)CC1. The first-order chi connectivity index (χ1) is 9.89. The zero-order valence-electron chi connectivity index (χ0n) is 14.1. The van der Waals surface area contributed by atoms with Gasteiger partial charge in [0.15, 0.2) is 5.13 Å². The fourth-order valence-corrected chi connectivity index (χ4v) is 3.37. The number of nitrogens with zero attached hydrogens (tertiary/aromatic N) is 3. The van der Waals surface area contributed by atoms with Crippen LogP contribution >= 0.6 is 11.3 Å². The molecule has 2 rings (SSSR count). The van der Waals surface area contributed by atoms with Crippen molar-refractivity contribution in [3.05, 3.63) is 11.1 Å². The van der Waals surface area contributed by atoms with Crippen LogP contribution in [0.3, 0.4) is 0 Å². The molecule has 2 heterocycles. The van der Waals surface area contributed by atoms with Crippen LogP contribution in [0.2, 0.25) is 0 Å². The zero-order valence-corrected chi connectivity index (χ0v) is 15.0. The summed E-state index contributed by atoms with van der Waals surface area (Å²) in [4.78, 5) is 9.81. The van der Waals surface area contributed by atoms with Gasteiger partial charge in [-0.05, 0) is 34.1 Å². The molecule has 4 nitrogen and oxygen atoms in total. The highest BCUT2D eigenvalue weighted by atomic mass is 32.1. The minimum atomic E-state index is 0.145. The average molecular weight is 311 g/mol. The van der Waals surface area contributed by atoms with Gasteiger partial charge in [-0.2, -0.15) is 0 Å². The van der Waals surface area contributed by atoms with Crippen molar-refractivity contribution in [3.63, 3.8) is 0 Å². The Morgan fingerprint density at radius 2 is 1.95 bits per heavy atom. The van der Waals surface area contributed by atoms with Crippen molar-refractivity contribution in [1.82, 2.24) is 15.2 Å². The van der Waals surface area contributed by atoms with Crippen molar-refractivity contribution in [2.45, 2.75) is 59.2 Å². The molecule has 0 amide bonds. The Kier molecular flexibility index (Phi) is 5.63. The van der Waals surface area contributed by atoms with Gasteiger partial charge in [-0.25, -0.2) is 4.98 Å². The summed E-state index contributed by atoms with van der Waals surface area (Å²) in [5.41, 5.74) is 1.31. The summed E-state index contributed by atoms with van der Waals surface area (Å²) < 4.78 is 0. The maximum Gasteiger partial charge on any atom is 0.185 e. The van der Waals surface area contributed by atoms with E-state index >= 15 is 0 Å². The molecule has 0 saturated carbocycles. The first kappa shape index (κ1) is 16.7. The lowest BCUT2D eigenvalue weighted by atomic mass is 10.1. The highest BCUT2D eigenvalue weighted by molar-refractivity contribution is 7.13. The van der Waals surface area contributed by atoms with E-state index in [4.69, 9.17) is 4.98 Å². The van der Waals surface area contributed by atoms with Gasteiger partial charge in [-0.15, -0.1) is 11.3 Å². The van der Waals surface area contributed by atoms with E-state index in [1.807, 2.05) is 0 Å². The van der Waals surface area contributed by atoms with Gasteiger partial charge in [0, 0.05) is 49.7 Å². The molecule has 1 fully saturated rings. The van der Waals surface area contributed by atoms with Gasteiger partial charge in [0.2, 0.25) is 0 Å². The summed E-state index contributed by atoms with van der Waals surface area (Å²) >= 11 is 1.78. The Hall–Kier alpha value is -0.650. The van der Waals surface area contributed by atoms with Crippen LogP contribution in [-0.2, 0) is 6.54 Å². The van der Waals surface area contributed by atoms with Crippen LogP contribution < -0.4 is 10.2 Å². The van der Waals surface area contributed by atoms with Crippen LogP contribution in [0.1, 0.15) is 46.7 Å². The molecule has 1 aromatic heterocycles. The lowest BCUT2D eigenvalue weighted by Crippen LogP contribution is -2.49. The van der Waals surface area contributed by atoms with Gasteiger partial charge < -0.3 is 10.2 Å². The molecule has 1 aliphatic heterocycles. The Bertz CT molecular complexity index is 430. The van der Waals surface area contributed by atoms with Crippen LogP contribution in [0.5, 0.6) is 0 Å². The third-order valence-corrected chi connectivity index (χ3v) is 5.09. The summed E-state index contributed by atoms with van der Waals surface area (Å²) in [6.07, 6.45) is 1.24. The molecule has 1 atom stereocenters. The van der Waals surface area contributed by atoms with Crippen molar-refractivity contribution in [1.29, 1.82) is 0 Å². The molecule has 1 N–H and O–H groups in total. The number of hydrogen-bond donors (Lipinski definition) is 1. The fraction of sp³-hybridized carbons (Fsp3) is 0.812. The molecule has 21 heavy (non-hydrogen) atoms. The van der Waals surface area contributed by atoms with Gasteiger partial charge in [0.05, 0.1) is 5.69 Å². The van der Waals surface area contributed by atoms with E-state index in [0.29, 0.717) is 6.04 Å². The maximum atomic E-state index is 4.79. The Balaban J connectivity index is 1.85. The van der Waals surface area contributed by atoms with E-state index in [-0.39, 0.29) is 5.54 Å². The Labute approximate surface area is 133 Å². The average Bonchev–Trinajstić information content (AvgIpc) is 2.93. The lowest BCUT2D eigenvalue weighted by Gasteiger charge is -2.37. The van der Waals surface area contributed by atoms with Gasteiger partial charge in [-0.3, -0.25) is 4.90 Å². The minimum Gasteiger partial charge on any atom is -0.346 e. The number of hydrogen-bond acceptors (Lipinski definition) is 5. The minimum absolute atomic E-state index is 0.145. The highest BCUT2D eigenvalue weighted by Gasteiger charge is 2.22. The molecule has 1 saturated heterocycles. The molecule has 0 aliphatic carbocycles. The predicted octanol–water partition coefficient (Wildman–Crippen LogP) is 2.95. The lowest BCUT2D eigenvalue weighted by molar-refractivity contribution is 0.193. The number of thiazole rings is 1. The number of anilines is 1. The molecule has 5 heteroatoms. The quantitative estimate of drug-likeness (QED) is 0.906. The monoisotopic (exact) mass is 310 g/mol. The van der Waals surface area contributed by atoms with Gasteiger partial charge >= 0.3 is 0 Å². The van der Waals surface area contributed by atoms with Crippen molar-refractivity contribution in [3.8, 4) is 0 Å². The van der Waals surface area contributed by atoms with Crippen LogP contribution in [0, 0.1) is 0 Å². The molecule has 0 spiro atoms. The van der Waals surface area contributed by atoms with Crippen molar-refractivity contribution >= 4 is 16.5 Å². The van der Waals surface area contributed by atoms with Crippen LogP contribution in [-0.4, -0.2) is 47.6 Å². The van der Waals surface area contributed by atoms with E-state index in [0.717, 1.165) is 38.4 Å². The number of piperazine rings is 1. The second-order valence-electron chi connectivity index (χ2n) is 7.01. The molecule has 0 aromatic carbocycles. The van der Waals surface area contributed by atoms with Gasteiger partial charge in [0.25, 0.3) is 0 Å². The summed E-state index contributed by atoms with van der Waals surface area (Å²) in [5.74, 6) is 0. The summed E-state index contributed by atoms with van der Waals surface area (Å²) in [5, 5.41) is 6.88. The fourth-order valence-electron chi connectivity index (χ4n) is 2.49. The summed E-state index contributed by atoms with van der Waals surface area (Å²) in [6, 6.07) is 0.704. The molecule has 1 aliphatic rings. The molecular weight excluding hydrogens is 280 g/mol. The molecular formula is C16H30N4S. The Morgan fingerprint density at radius 3 is 2.52 bits per heavy atom. The number of rotatable bonds is 5. The van der Waals surface area contributed by atoms with E-state index in [1.54, 1.807) is 11.3 Å². The molecule has 1 unspecified atom stereocenters. The van der Waals surface area contributed by atoms with Crippen LogP contribution in [0.25, 0.3) is 0 Å². The number of nitrogens with one attached hydrogen (secondary N) is 1. The van der Waals surface area contributed by atoms with E-state index in [2.05, 4.69) is 55.1 Å². The first-order valence-corrected chi connectivity index (χ1v) is 8.95. The second kappa shape index (κ2) is 7.07. The maximum absolute atomic E-state index is 4.79. The van der Waals surface area contributed by atoms with Gasteiger partial charge in [0.1, 0.15) is 0 Å². The molecule has 1 aromatic rings. The normalized spacial score (nSPS) is 19.0. The largest absolute Gasteiger partial charge is 0.346 e. The van der Waals surface area contributed by atoms with Crippen LogP contribution in [0.15, 0.2) is 5.38 Å². The predicted molar refractivity (Wildman–Crippen MR) is 92.2 cm³/mol. The second-order valence-corrected chi connectivity index (χ2v) is 7.84. The Morgan fingerprint density at radius 1 is 1.29 bits per heavy atom. The van der Waals surface area contributed by atoms with Gasteiger partial charge in [-0.1, -0.05) is 6.92 Å². The standard InChI is InChI=1S/C16H30N4S/c1-6-13(2)19-7-9-20(10-8-19)15-18-14(12-21-15)11-17-16(3,4)5/h12-13,17H,6-11H2,1-5H3. The summed E-state index contributed by atoms with van der Waals surface area (Å²) in [7, 11) is 0. The van der Waals surface area contributed by atoms with Crippen molar-refractivity contribution in [2.24, 2.45) is 0 Å². The smallest absolute Gasteiger partial charge is 0.185 e. The van der Waals surface area contributed by atoms with Crippen molar-refractivity contribution < 1.29 is 0 Å². The number of aromatic nitrogens is 1. The highest BCUT2D eigenvalue weighted by Crippen LogP contribution is 2.23. The first-order valence-electron chi connectivity index (χ1n) is 8.07. The zero-order chi connectivity index (χ0) is 15.5. The van der Waals surface area contributed by atoms with E-state index in [1.165, 1.54) is 11.6 Å².